The maximum atomic E-state index is 11.7. The van der Waals surface area contributed by atoms with Crippen molar-refractivity contribution in [2.45, 2.75) is 19.8 Å². The van der Waals surface area contributed by atoms with E-state index in [4.69, 9.17) is 0 Å². The molecule has 2 heterocycles. The van der Waals surface area contributed by atoms with Crippen LogP contribution in [0.25, 0.3) is 0 Å². The van der Waals surface area contributed by atoms with Crippen LogP contribution in [0.4, 0.5) is 0 Å². The summed E-state index contributed by atoms with van der Waals surface area (Å²) in [5, 5.41) is 4.87. The lowest BCUT2D eigenvalue weighted by Crippen LogP contribution is -2.26. The third kappa shape index (κ3) is 3.17. The number of carbonyl (C=O) groups excluding carboxylic acids is 1. The van der Waals surface area contributed by atoms with Crippen LogP contribution in [0.2, 0.25) is 0 Å². The van der Waals surface area contributed by atoms with Gasteiger partial charge in [0.05, 0.1) is 11.2 Å². The fourth-order valence-corrected chi connectivity index (χ4v) is 2.13. The number of rotatable bonds is 5. The summed E-state index contributed by atoms with van der Waals surface area (Å²) >= 11 is 1.57. The Hall–Kier alpha value is -1.62. The molecule has 0 saturated heterocycles. The van der Waals surface area contributed by atoms with E-state index in [-0.39, 0.29) is 5.91 Å². The molecule has 4 nitrogen and oxygen atoms in total. The van der Waals surface area contributed by atoms with Gasteiger partial charge in [0.2, 0.25) is 0 Å². The molecule has 2 rings (SSSR count). The first kappa shape index (κ1) is 11.9. The van der Waals surface area contributed by atoms with Gasteiger partial charge >= 0.3 is 0 Å². The van der Waals surface area contributed by atoms with E-state index in [9.17, 15) is 4.79 Å². The summed E-state index contributed by atoms with van der Waals surface area (Å²) in [4.78, 5) is 19.0. The second-order valence-electron chi connectivity index (χ2n) is 3.74. The minimum absolute atomic E-state index is 0.0556. The first-order valence-corrected chi connectivity index (χ1v) is 6.57. The number of aromatic amines is 1. The van der Waals surface area contributed by atoms with Crippen molar-refractivity contribution in [3.05, 3.63) is 40.1 Å². The number of aryl methyl sites for hydroxylation is 1. The second-order valence-corrected chi connectivity index (χ2v) is 4.46. The van der Waals surface area contributed by atoms with E-state index in [0.29, 0.717) is 12.2 Å². The van der Waals surface area contributed by atoms with E-state index >= 15 is 0 Å². The summed E-state index contributed by atoms with van der Waals surface area (Å²) in [7, 11) is 0. The highest BCUT2D eigenvalue weighted by molar-refractivity contribution is 7.07. The van der Waals surface area contributed by atoms with Crippen LogP contribution >= 0.6 is 11.3 Å². The van der Waals surface area contributed by atoms with Crippen molar-refractivity contribution < 1.29 is 4.79 Å². The summed E-state index contributed by atoms with van der Waals surface area (Å²) in [5.74, 6) is -0.0556. The van der Waals surface area contributed by atoms with E-state index in [1.165, 1.54) is 0 Å². The molecular weight excluding hydrogens is 234 g/mol. The minimum atomic E-state index is -0.0556. The standard InChI is InChI=1S/C12H15N3OS/c1-2-9-3-4-11(15-9)12(16)13-6-5-10-7-17-8-14-10/h3-4,7-8,15H,2,5-6H2,1H3,(H,13,16). The largest absolute Gasteiger partial charge is 0.354 e. The van der Waals surface area contributed by atoms with Gasteiger partial charge in [0.1, 0.15) is 5.69 Å². The van der Waals surface area contributed by atoms with E-state index in [1.54, 1.807) is 16.8 Å². The summed E-state index contributed by atoms with van der Waals surface area (Å²) in [5.41, 5.74) is 4.53. The van der Waals surface area contributed by atoms with Crippen LogP contribution in [0.15, 0.2) is 23.0 Å². The van der Waals surface area contributed by atoms with E-state index in [0.717, 1.165) is 24.2 Å². The van der Waals surface area contributed by atoms with Gasteiger partial charge in [-0.2, -0.15) is 0 Å². The summed E-state index contributed by atoms with van der Waals surface area (Å²) in [6, 6.07) is 3.76. The molecule has 0 saturated carbocycles. The number of amides is 1. The van der Waals surface area contributed by atoms with Gasteiger partial charge in [-0.15, -0.1) is 11.3 Å². The highest BCUT2D eigenvalue weighted by atomic mass is 32.1. The topological polar surface area (TPSA) is 57.8 Å². The van der Waals surface area contributed by atoms with Crippen LogP contribution in [0.5, 0.6) is 0 Å². The van der Waals surface area contributed by atoms with Gasteiger partial charge in [-0.05, 0) is 18.6 Å². The van der Waals surface area contributed by atoms with E-state index < -0.39 is 0 Å². The zero-order valence-electron chi connectivity index (χ0n) is 9.69. The highest BCUT2D eigenvalue weighted by Crippen LogP contribution is 2.03. The molecule has 17 heavy (non-hydrogen) atoms. The quantitative estimate of drug-likeness (QED) is 0.851. The predicted octanol–water partition coefficient (Wildman–Crippen LogP) is 2.01. The first-order valence-electron chi connectivity index (χ1n) is 5.62. The van der Waals surface area contributed by atoms with Crippen molar-refractivity contribution in [3.63, 3.8) is 0 Å². The minimum Gasteiger partial charge on any atom is -0.354 e. The number of nitrogens with one attached hydrogen (secondary N) is 2. The van der Waals surface area contributed by atoms with Gasteiger partial charge in [0, 0.05) is 24.0 Å². The third-order valence-corrected chi connectivity index (χ3v) is 3.16. The second kappa shape index (κ2) is 5.63. The molecule has 0 atom stereocenters. The highest BCUT2D eigenvalue weighted by Gasteiger charge is 2.07. The van der Waals surface area contributed by atoms with Crippen molar-refractivity contribution in [2.24, 2.45) is 0 Å². The summed E-state index contributed by atoms with van der Waals surface area (Å²) < 4.78 is 0. The van der Waals surface area contributed by atoms with Gasteiger partial charge in [0.15, 0.2) is 0 Å². The molecule has 5 heteroatoms. The van der Waals surface area contributed by atoms with Gasteiger partial charge in [-0.3, -0.25) is 4.79 Å². The van der Waals surface area contributed by atoms with Crippen LogP contribution in [0.1, 0.15) is 28.8 Å². The van der Waals surface area contributed by atoms with Gasteiger partial charge in [0.25, 0.3) is 5.91 Å². The van der Waals surface area contributed by atoms with Gasteiger partial charge < -0.3 is 10.3 Å². The van der Waals surface area contributed by atoms with Crippen LogP contribution < -0.4 is 5.32 Å². The maximum Gasteiger partial charge on any atom is 0.267 e. The Bertz CT molecular complexity index is 476. The zero-order valence-corrected chi connectivity index (χ0v) is 10.5. The molecule has 0 radical (unpaired) electrons. The van der Waals surface area contributed by atoms with Crippen molar-refractivity contribution >= 4 is 17.2 Å². The molecule has 90 valence electrons. The number of thiazole rings is 1. The van der Waals surface area contributed by atoms with Crippen LogP contribution in [0.3, 0.4) is 0 Å². The van der Waals surface area contributed by atoms with Crippen molar-refractivity contribution in [2.75, 3.05) is 6.54 Å². The number of H-pyrrole nitrogens is 1. The fraction of sp³-hybridized carbons (Fsp3) is 0.333. The number of hydrogen-bond donors (Lipinski definition) is 2. The molecule has 0 aromatic carbocycles. The van der Waals surface area contributed by atoms with Crippen molar-refractivity contribution in [3.8, 4) is 0 Å². The van der Waals surface area contributed by atoms with E-state index in [2.05, 4.69) is 22.2 Å². The monoisotopic (exact) mass is 249 g/mol. The molecule has 0 spiro atoms. The summed E-state index contributed by atoms with van der Waals surface area (Å²) in [6.45, 7) is 2.67. The Kier molecular flexibility index (Phi) is 3.93. The lowest BCUT2D eigenvalue weighted by atomic mass is 10.3. The Labute approximate surface area is 104 Å². The molecular formula is C12H15N3OS. The average molecular weight is 249 g/mol. The third-order valence-electron chi connectivity index (χ3n) is 2.52. The number of hydrogen-bond acceptors (Lipinski definition) is 3. The Morgan fingerprint density at radius 2 is 2.41 bits per heavy atom. The van der Waals surface area contributed by atoms with Crippen LogP contribution in [-0.4, -0.2) is 22.4 Å². The molecule has 0 fully saturated rings. The molecule has 0 aliphatic carbocycles. The molecule has 1 amide bonds. The Morgan fingerprint density at radius 1 is 1.53 bits per heavy atom. The Balaban J connectivity index is 1.81. The number of carbonyl (C=O) groups is 1. The van der Waals surface area contributed by atoms with Gasteiger partial charge in [-0.25, -0.2) is 4.98 Å². The molecule has 2 N–H and O–H groups in total. The molecule has 0 aliphatic heterocycles. The molecule has 0 bridgehead atoms. The maximum absolute atomic E-state index is 11.7. The zero-order chi connectivity index (χ0) is 12.1. The van der Waals surface area contributed by atoms with Crippen LogP contribution in [-0.2, 0) is 12.8 Å². The number of nitrogens with zero attached hydrogens (tertiary/aromatic N) is 1. The molecule has 2 aromatic rings. The lowest BCUT2D eigenvalue weighted by molar-refractivity contribution is 0.0949. The van der Waals surface area contributed by atoms with Crippen molar-refractivity contribution in [1.82, 2.24) is 15.3 Å². The normalized spacial score (nSPS) is 10.4. The smallest absolute Gasteiger partial charge is 0.267 e. The average Bonchev–Trinajstić information content (AvgIpc) is 2.99. The van der Waals surface area contributed by atoms with Crippen molar-refractivity contribution in [1.29, 1.82) is 0 Å². The van der Waals surface area contributed by atoms with Crippen LogP contribution in [0, 0.1) is 0 Å². The SMILES string of the molecule is CCc1ccc(C(=O)NCCc2cscn2)[nH]1. The lowest BCUT2D eigenvalue weighted by Gasteiger charge is -2.02. The predicted molar refractivity (Wildman–Crippen MR) is 68.3 cm³/mol. The Morgan fingerprint density at radius 3 is 3.06 bits per heavy atom. The summed E-state index contributed by atoms with van der Waals surface area (Å²) in [6.07, 6.45) is 1.68. The van der Waals surface area contributed by atoms with E-state index in [1.807, 2.05) is 17.5 Å². The molecule has 0 unspecified atom stereocenters. The molecule has 2 aromatic heterocycles. The van der Waals surface area contributed by atoms with Gasteiger partial charge in [-0.1, -0.05) is 6.92 Å². The fourth-order valence-electron chi connectivity index (χ4n) is 1.54. The molecule has 0 aliphatic rings. The number of aromatic nitrogens is 2. The first-order chi connectivity index (χ1) is 8.29.